The second-order valence-corrected chi connectivity index (χ2v) is 5.75. The van der Waals surface area contributed by atoms with Gasteiger partial charge in [0.2, 0.25) is 0 Å². The Bertz CT molecular complexity index is 363. The number of nitrogens with one attached hydrogen (secondary N) is 1. The molecule has 3 atom stereocenters. The molecule has 1 aliphatic rings. The molecule has 0 saturated carbocycles. The molecule has 0 unspecified atom stereocenters. The predicted molar refractivity (Wildman–Crippen MR) is 75.5 cm³/mol. The first-order chi connectivity index (χ1) is 8.70. The van der Waals surface area contributed by atoms with Crippen LogP contribution in [0.15, 0.2) is 28.7 Å². The first-order valence-corrected chi connectivity index (χ1v) is 7.24. The van der Waals surface area contributed by atoms with Crippen molar-refractivity contribution in [1.82, 2.24) is 5.32 Å². The van der Waals surface area contributed by atoms with Crippen LogP contribution in [0.1, 0.15) is 31.4 Å². The first kappa shape index (κ1) is 14.0. The highest BCUT2D eigenvalue weighted by Gasteiger charge is 2.28. The second kappa shape index (κ2) is 6.66. The van der Waals surface area contributed by atoms with E-state index in [0.29, 0.717) is 0 Å². The molecule has 1 aromatic carbocycles. The molecule has 1 aliphatic heterocycles. The van der Waals surface area contributed by atoms with Gasteiger partial charge in [-0.15, -0.1) is 0 Å². The highest BCUT2D eigenvalue weighted by atomic mass is 79.9. The molecular weight excluding hydrogens is 294 g/mol. The van der Waals surface area contributed by atoms with Crippen molar-refractivity contribution in [2.45, 2.75) is 38.0 Å². The molecular formula is C14H20BrNO2. The summed E-state index contributed by atoms with van der Waals surface area (Å²) in [5.41, 5.74) is 1.21. The van der Waals surface area contributed by atoms with Gasteiger partial charge in [-0.3, -0.25) is 0 Å². The average molecular weight is 314 g/mol. The topological polar surface area (TPSA) is 41.5 Å². The molecule has 1 heterocycles. The van der Waals surface area contributed by atoms with Crippen molar-refractivity contribution >= 4 is 15.9 Å². The van der Waals surface area contributed by atoms with Gasteiger partial charge in [0.15, 0.2) is 0 Å². The smallest absolute Gasteiger partial charge is 0.0770 e. The average Bonchev–Trinajstić information content (AvgIpc) is 2.90. The normalized spacial score (nSPS) is 22.9. The van der Waals surface area contributed by atoms with Crippen LogP contribution in [0.2, 0.25) is 0 Å². The molecule has 1 saturated heterocycles. The Morgan fingerprint density at radius 1 is 1.44 bits per heavy atom. The third-order valence-corrected chi connectivity index (χ3v) is 3.83. The van der Waals surface area contributed by atoms with Crippen LogP contribution in [0.25, 0.3) is 0 Å². The highest BCUT2D eigenvalue weighted by Crippen LogP contribution is 2.28. The fourth-order valence-electron chi connectivity index (χ4n) is 2.31. The van der Waals surface area contributed by atoms with Crippen molar-refractivity contribution in [2.75, 3.05) is 13.2 Å². The SMILES string of the molecule is C[C@H](CO)N[C@@H](c1ccc(Br)cc1)[C@H]1CCCO1. The Kier molecular flexibility index (Phi) is 5.18. The Balaban J connectivity index is 2.14. The number of benzene rings is 1. The molecule has 1 fully saturated rings. The van der Waals surface area contributed by atoms with Crippen LogP contribution in [0, 0.1) is 0 Å². The third-order valence-electron chi connectivity index (χ3n) is 3.30. The standard InChI is InChI=1S/C14H20BrNO2/c1-10(9-17)16-14(13-3-2-8-18-13)11-4-6-12(15)7-5-11/h4-7,10,13-14,16-17H,2-3,8-9H2,1H3/t10-,13-,14+/m1/s1. The molecule has 1 aromatic rings. The zero-order valence-electron chi connectivity index (χ0n) is 10.6. The Morgan fingerprint density at radius 2 is 2.17 bits per heavy atom. The quantitative estimate of drug-likeness (QED) is 0.878. The van der Waals surface area contributed by atoms with Crippen molar-refractivity contribution in [3.05, 3.63) is 34.3 Å². The number of ether oxygens (including phenoxy) is 1. The van der Waals surface area contributed by atoms with E-state index in [1.165, 1.54) is 5.56 Å². The minimum atomic E-state index is 0.0721. The summed E-state index contributed by atoms with van der Waals surface area (Å²) >= 11 is 3.45. The second-order valence-electron chi connectivity index (χ2n) is 4.83. The molecule has 0 aliphatic carbocycles. The monoisotopic (exact) mass is 313 g/mol. The van der Waals surface area contributed by atoms with E-state index in [4.69, 9.17) is 4.74 Å². The van der Waals surface area contributed by atoms with Crippen molar-refractivity contribution in [2.24, 2.45) is 0 Å². The molecule has 2 rings (SSSR count). The molecule has 100 valence electrons. The van der Waals surface area contributed by atoms with E-state index in [9.17, 15) is 5.11 Å². The number of aliphatic hydroxyl groups excluding tert-OH is 1. The maximum atomic E-state index is 9.21. The van der Waals surface area contributed by atoms with Gasteiger partial charge in [0, 0.05) is 17.1 Å². The van der Waals surface area contributed by atoms with Gasteiger partial charge in [0.25, 0.3) is 0 Å². The fraction of sp³-hybridized carbons (Fsp3) is 0.571. The summed E-state index contributed by atoms with van der Waals surface area (Å²) in [5, 5.41) is 12.7. The minimum Gasteiger partial charge on any atom is -0.395 e. The molecule has 3 nitrogen and oxygen atoms in total. The predicted octanol–water partition coefficient (Wildman–Crippen LogP) is 2.64. The van der Waals surface area contributed by atoms with Crippen LogP contribution >= 0.6 is 15.9 Å². The number of aliphatic hydroxyl groups is 1. The van der Waals surface area contributed by atoms with Gasteiger partial charge in [-0.1, -0.05) is 28.1 Å². The van der Waals surface area contributed by atoms with Crippen molar-refractivity contribution in [3.8, 4) is 0 Å². The minimum absolute atomic E-state index is 0.0721. The number of halogens is 1. The van der Waals surface area contributed by atoms with Gasteiger partial charge in [-0.05, 0) is 37.5 Å². The van der Waals surface area contributed by atoms with E-state index in [1.54, 1.807) is 0 Å². The van der Waals surface area contributed by atoms with Gasteiger partial charge >= 0.3 is 0 Å². The molecule has 18 heavy (non-hydrogen) atoms. The van der Waals surface area contributed by atoms with Crippen LogP contribution < -0.4 is 5.32 Å². The van der Waals surface area contributed by atoms with Gasteiger partial charge < -0.3 is 15.2 Å². The summed E-state index contributed by atoms with van der Waals surface area (Å²) in [7, 11) is 0. The van der Waals surface area contributed by atoms with E-state index < -0.39 is 0 Å². The summed E-state index contributed by atoms with van der Waals surface area (Å²) in [6.45, 7) is 2.97. The number of rotatable bonds is 5. The van der Waals surface area contributed by atoms with Gasteiger partial charge in [0.05, 0.1) is 18.8 Å². The van der Waals surface area contributed by atoms with Crippen LogP contribution in [-0.4, -0.2) is 30.5 Å². The van der Waals surface area contributed by atoms with E-state index in [-0.39, 0.29) is 24.8 Å². The fourth-order valence-corrected chi connectivity index (χ4v) is 2.58. The van der Waals surface area contributed by atoms with Crippen LogP contribution in [0.4, 0.5) is 0 Å². The Hall–Kier alpha value is -0.420. The Labute approximate surface area is 117 Å². The molecule has 4 heteroatoms. The van der Waals surface area contributed by atoms with E-state index in [0.717, 1.165) is 23.9 Å². The highest BCUT2D eigenvalue weighted by molar-refractivity contribution is 9.10. The third kappa shape index (κ3) is 3.54. The van der Waals surface area contributed by atoms with E-state index in [2.05, 4.69) is 33.4 Å². The lowest BCUT2D eigenvalue weighted by Gasteiger charge is -2.27. The van der Waals surface area contributed by atoms with Crippen molar-refractivity contribution < 1.29 is 9.84 Å². The summed E-state index contributed by atoms with van der Waals surface area (Å²) in [5.74, 6) is 0. The summed E-state index contributed by atoms with van der Waals surface area (Å²) < 4.78 is 6.87. The molecule has 2 N–H and O–H groups in total. The summed E-state index contributed by atoms with van der Waals surface area (Å²) in [6, 6.07) is 8.53. The molecule has 0 amide bonds. The van der Waals surface area contributed by atoms with Crippen LogP contribution in [0.5, 0.6) is 0 Å². The van der Waals surface area contributed by atoms with Gasteiger partial charge in [0.1, 0.15) is 0 Å². The van der Waals surface area contributed by atoms with Crippen molar-refractivity contribution in [1.29, 1.82) is 0 Å². The van der Waals surface area contributed by atoms with Gasteiger partial charge in [-0.2, -0.15) is 0 Å². The summed E-state index contributed by atoms with van der Waals surface area (Å²) in [4.78, 5) is 0. The number of hydrogen-bond acceptors (Lipinski definition) is 3. The molecule has 0 aromatic heterocycles. The van der Waals surface area contributed by atoms with Crippen molar-refractivity contribution in [3.63, 3.8) is 0 Å². The Morgan fingerprint density at radius 3 is 2.72 bits per heavy atom. The largest absolute Gasteiger partial charge is 0.395 e. The van der Waals surface area contributed by atoms with Crippen LogP contribution in [-0.2, 0) is 4.74 Å². The van der Waals surface area contributed by atoms with Gasteiger partial charge in [-0.25, -0.2) is 0 Å². The maximum absolute atomic E-state index is 9.21. The molecule has 0 spiro atoms. The summed E-state index contributed by atoms with van der Waals surface area (Å²) in [6.07, 6.45) is 2.40. The number of hydrogen-bond donors (Lipinski definition) is 2. The molecule has 0 bridgehead atoms. The van der Waals surface area contributed by atoms with Crippen LogP contribution in [0.3, 0.4) is 0 Å². The lowest BCUT2D eigenvalue weighted by atomic mass is 9.98. The first-order valence-electron chi connectivity index (χ1n) is 6.44. The zero-order valence-corrected chi connectivity index (χ0v) is 12.2. The van der Waals surface area contributed by atoms with E-state index >= 15 is 0 Å². The maximum Gasteiger partial charge on any atom is 0.0770 e. The lowest BCUT2D eigenvalue weighted by Crippen LogP contribution is -2.39. The van der Waals surface area contributed by atoms with E-state index in [1.807, 2.05) is 19.1 Å². The zero-order chi connectivity index (χ0) is 13.0. The molecule has 0 radical (unpaired) electrons. The lowest BCUT2D eigenvalue weighted by molar-refractivity contribution is 0.0708.